The first-order valence-corrected chi connectivity index (χ1v) is 4.27. The van der Waals surface area contributed by atoms with Crippen LogP contribution < -0.4 is 5.73 Å². The largest absolute Gasteiger partial charge is 0.370 e. The van der Waals surface area contributed by atoms with Gasteiger partial charge in [0.25, 0.3) is 0 Å². The van der Waals surface area contributed by atoms with Crippen molar-refractivity contribution in [2.45, 2.75) is 6.54 Å². The van der Waals surface area contributed by atoms with Crippen molar-refractivity contribution >= 4 is 17.6 Å². The van der Waals surface area contributed by atoms with Gasteiger partial charge in [-0.2, -0.15) is 0 Å². The number of nitrogens with two attached hydrogens (primary N) is 1. The fraction of sp³-hybridized carbons (Fsp3) is 0.222. The normalized spacial score (nSPS) is 9.69. The molecule has 0 saturated carbocycles. The van der Waals surface area contributed by atoms with Gasteiger partial charge in [0.2, 0.25) is 0 Å². The van der Waals surface area contributed by atoms with Crippen LogP contribution in [0.15, 0.2) is 24.3 Å². The van der Waals surface area contributed by atoms with E-state index in [4.69, 9.17) is 22.7 Å². The third-order valence-corrected chi connectivity index (χ3v) is 2.15. The summed E-state index contributed by atoms with van der Waals surface area (Å²) in [5, 5.41) is 7.89. The Morgan fingerprint density at radius 3 is 2.69 bits per heavy atom. The number of nitrogens with one attached hydrogen (secondary N) is 1. The molecular weight excluding hydrogens is 186 g/mol. The van der Waals surface area contributed by atoms with Gasteiger partial charge in [-0.15, -0.1) is 0 Å². The lowest BCUT2D eigenvalue weighted by molar-refractivity contribution is 0.491. The summed E-state index contributed by atoms with van der Waals surface area (Å²) < 4.78 is 0. The Morgan fingerprint density at radius 2 is 2.15 bits per heavy atom. The number of guanidine groups is 1. The molecule has 0 fully saturated rings. The molecule has 0 radical (unpaired) electrons. The predicted molar refractivity (Wildman–Crippen MR) is 54.8 cm³/mol. The van der Waals surface area contributed by atoms with Crippen LogP contribution in [0.3, 0.4) is 0 Å². The first-order chi connectivity index (χ1) is 6.11. The van der Waals surface area contributed by atoms with Crippen molar-refractivity contribution < 1.29 is 0 Å². The van der Waals surface area contributed by atoms with Gasteiger partial charge in [0, 0.05) is 18.6 Å². The van der Waals surface area contributed by atoms with Gasteiger partial charge in [0.1, 0.15) is 0 Å². The minimum absolute atomic E-state index is 0.0416. The average Bonchev–Trinajstić information content (AvgIpc) is 2.08. The maximum absolute atomic E-state index is 7.18. The van der Waals surface area contributed by atoms with Crippen molar-refractivity contribution in [2.24, 2.45) is 5.73 Å². The molecule has 4 heteroatoms. The zero-order valence-corrected chi connectivity index (χ0v) is 8.17. The van der Waals surface area contributed by atoms with E-state index in [1.54, 1.807) is 11.9 Å². The number of rotatable bonds is 2. The van der Waals surface area contributed by atoms with Crippen LogP contribution in [0.1, 0.15) is 5.56 Å². The van der Waals surface area contributed by atoms with E-state index in [1.165, 1.54) is 0 Å². The summed E-state index contributed by atoms with van der Waals surface area (Å²) in [6, 6.07) is 7.53. The van der Waals surface area contributed by atoms with E-state index in [0.29, 0.717) is 11.6 Å². The van der Waals surface area contributed by atoms with Crippen LogP contribution >= 0.6 is 11.6 Å². The molecule has 0 aromatic heterocycles. The molecule has 3 nitrogen and oxygen atoms in total. The molecule has 0 aliphatic carbocycles. The van der Waals surface area contributed by atoms with E-state index in [-0.39, 0.29) is 5.96 Å². The van der Waals surface area contributed by atoms with Crippen LogP contribution in [-0.2, 0) is 6.54 Å². The highest BCUT2D eigenvalue weighted by atomic mass is 35.5. The fourth-order valence-electron chi connectivity index (χ4n) is 0.967. The molecule has 0 aliphatic heterocycles. The van der Waals surface area contributed by atoms with E-state index < -0.39 is 0 Å². The lowest BCUT2D eigenvalue weighted by atomic mass is 10.2. The molecule has 0 aliphatic rings. The smallest absolute Gasteiger partial charge is 0.188 e. The van der Waals surface area contributed by atoms with Gasteiger partial charge in [-0.3, -0.25) is 5.41 Å². The van der Waals surface area contributed by atoms with Gasteiger partial charge in [-0.1, -0.05) is 29.8 Å². The first-order valence-electron chi connectivity index (χ1n) is 3.90. The highest BCUT2D eigenvalue weighted by Gasteiger charge is 2.03. The van der Waals surface area contributed by atoms with Crippen molar-refractivity contribution in [2.75, 3.05) is 7.05 Å². The highest BCUT2D eigenvalue weighted by Crippen LogP contribution is 2.15. The van der Waals surface area contributed by atoms with Crippen molar-refractivity contribution in [1.29, 1.82) is 5.41 Å². The molecule has 0 atom stereocenters. The summed E-state index contributed by atoms with van der Waals surface area (Å²) in [5.74, 6) is 0.0416. The third-order valence-electron chi connectivity index (χ3n) is 1.78. The molecule has 13 heavy (non-hydrogen) atoms. The monoisotopic (exact) mass is 197 g/mol. The summed E-state index contributed by atoms with van der Waals surface area (Å²) in [5.41, 5.74) is 6.27. The summed E-state index contributed by atoms with van der Waals surface area (Å²) in [7, 11) is 1.76. The van der Waals surface area contributed by atoms with E-state index in [1.807, 2.05) is 24.3 Å². The minimum Gasteiger partial charge on any atom is -0.370 e. The van der Waals surface area contributed by atoms with Gasteiger partial charge >= 0.3 is 0 Å². The Kier molecular flexibility index (Phi) is 3.14. The fourth-order valence-corrected chi connectivity index (χ4v) is 1.16. The van der Waals surface area contributed by atoms with Gasteiger partial charge in [-0.05, 0) is 11.6 Å². The van der Waals surface area contributed by atoms with Crippen molar-refractivity contribution in [3.8, 4) is 0 Å². The number of hydrogen-bond donors (Lipinski definition) is 2. The summed E-state index contributed by atoms with van der Waals surface area (Å²) in [6.07, 6.45) is 0. The second-order valence-corrected chi connectivity index (χ2v) is 3.24. The summed E-state index contributed by atoms with van der Waals surface area (Å²) >= 11 is 5.94. The summed E-state index contributed by atoms with van der Waals surface area (Å²) in [6.45, 7) is 0.564. The molecule has 70 valence electrons. The SMILES string of the molecule is CN(Cc1ccccc1Cl)C(=N)N. The second kappa shape index (κ2) is 4.14. The Balaban J connectivity index is 2.74. The molecule has 0 saturated heterocycles. The minimum atomic E-state index is 0.0416. The number of nitrogens with zero attached hydrogens (tertiary/aromatic N) is 1. The van der Waals surface area contributed by atoms with Gasteiger partial charge < -0.3 is 10.6 Å². The number of hydrogen-bond acceptors (Lipinski definition) is 1. The topological polar surface area (TPSA) is 53.1 Å². The van der Waals surface area contributed by atoms with Crippen LogP contribution in [0.2, 0.25) is 5.02 Å². The quantitative estimate of drug-likeness (QED) is 0.560. The lowest BCUT2D eigenvalue weighted by Gasteiger charge is -2.16. The highest BCUT2D eigenvalue weighted by molar-refractivity contribution is 6.31. The van der Waals surface area contributed by atoms with Crippen LogP contribution in [-0.4, -0.2) is 17.9 Å². The maximum atomic E-state index is 7.18. The lowest BCUT2D eigenvalue weighted by Crippen LogP contribution is -2.32. The molecule has 0 unspecified atom stereocenters. The molecule has 0 spiro atoms. The van der Waals surface area contributed by atoms with Crippen molar-refractivity contribution in [3.63, 3.8) is 0 Å². The molecule has 0 bridgehead atoms. The average molecular weight is 198 g/mol. The molecule has 1 aromatic carbocycles. The molecular formula is C9H12ClN3. The maximum Gasteiger partial charge on any atom is 0.188 e. The Labute approximate surface area is 82.6 Å². The predicted octanol–water partition coefficient (Wildman–Crippen LogP) is 1.67. The van der Waals surface area contributed by atoms with E-state index in [9.17, 15) is 0 Å². The van der Waals surface area contributed by atoms with Gasteiger partial charge in [0.15, 0.2) is 5.96 Å². The molecule has 3 N–H and O–H groups in total. The second-order valence-electron chi connectivity index (χ2n) is 2.83. The van der Waals surface area contributed by atoms with Crippen LogP contribution in [0.4, 0.5) is 0 Å². The number of benzene rings is 1. The molecule has 0 amide bonds. The Bertz CT molecular complexity index is 311. The van der Waals surface area contributed by atoms with Crippen LogP contribution in [0.5, 0.6) is 0 Å². The molecule has 0 heterocycles. The molecule has 1 rings (SSSR count). The zero-order chi connectivity index (χ0) is 9.84. The van der Waals surface area contributed by atoms with Gasteiger partial charge in [-0.25, -0.2) is 0 Å². The van der Waals surface area contributed by atoms with Crippen molar-refractivity contribution in [1.82, 2.24) is 4.90 Å². The standard InChI is InChI=1S/C9H12ClN3/c1-13(9(11)12)6-7-4-2-3-5-8(7)10/h2-5H,6H2,1H3,(H3,11,12). The van der Waals surface area contributed by atoms with E-state index >= 15 is 0 Å². The molecule has 1 aromatic rings. The van der Waals surface area contributed by atoms with Gasteiger partial charge in [0.05, 0.1) is 0 Å². The van der Waals surface area contributed by atoms with Crippen LogP contribution in [0, 0.1) is 5.41 Å². The van der Waals surface area contributed by atoms with Crippen LogP contribution in [0.25, 0.3) is 0 Å². The third kappa shape index (κ3) is 2.63. The summed E-state index contributed by atoms with van der Waals surface area (Å²) in [4.78, 5) is 1.63. The first kappa shape index (κ1) is 9.86. The zero-order valence-electron chi connectivity index (χ0n) is 7.42. The van der Waals surface area contributed by atoms with E-state index in [2.05, 4.69) is 0 Å². The van der Waals surface area contributed by atoms with E-state index in [0.717, 1.165) is 5.56 Å². The Hall–Kier alpha value is -1.22. The Morgan fingerprint density at radius 1 is 1.54 bits per heavy atom. The van der Waals surface area contributed by atoms with Crippen molar-refractivity contribution in [3.05, 3.63) is 34.9 Å². The number of halogens is 1.